The van der Waals surface area contributed by atoms with Gasteiger partial charge in [0.05, 0.1) is 6.42 Å². The van der Waals surface area contributed by atoms with Crippen LogP contribution in [-0.2, 0) is 11.2 Å². The number of aromatic amines is 1. The Labute approximate surface area is 144 Å². The van der Waals surface area contributed by atoms with Gasteiger partial charge in [-0.05, 0) is 42.7 Å². The first-order valence-corrected chi connectivity index (χ1v) is 8.51. The number of H-pyrrole nitrogens is 1. The van der Waals surface area contributed by atoms with Gasteiger partial charge in [0.1, 0.15) is 5.52 Å². The maximum atomic E-state index is 12.4. The number of rotatable bonds is 4. The Morgan fingerprint density at radius 1 is 1.24 bits per heavy atom. The third-order valence-corrected chi connectivity index (χ3v) is 4.64. The van der Waals surface area contributed by atoms with Crippen LogP contribution < -0.4 is 5.32 Å². The average molecular weight is 331 g/mol. The molecule has 0 bridgehead atoms. The van der Waals surface area contributed by atoms with Gasteiger partial charge in [-0.25, -0.2) is 4.98 Å². The van der Waals surface area contributed by atoms with Crippen LogP contribution in [0.3, 0.4) is 0 Å². The van der Waals surface area contributed by atoms with Gasteiger partial charge in [-0.3, -0.25) is 4.79 Å². The summed E-state index contributed by atoms with van der Waals surface area (Å²) in [7, 11) is 0. The summed E-state index contributed by atoms with van der Waals surface area (Å²) in [4.78, 5) is 20.1. The zero-order chi connectivity index (χ0) is 16.8. The molecule has 1 saturated carbocycles. The highest BCUT2D eigenvalue weighted by atomic mass is 16.3. The predicted octanol–water partition coefficient (Wildman–Crippen LogP) is 4.37. The van der Waals surface area contributed by atoms with Gasteiger partial charge < -0.3 is 14.7 Å². The first-order chi connectivity index (χ1) is 12.3. The van der Waals surface area contributed by atoms with Gasteiger partial charge in [-0.1, -0.05) is 18.2 Å². The van der Waals surface area contributed by atoms with Crippen LogP contribution in [0.1, 0.15) is 30.2 Å². The molecular weight excluding hydrogens is 314 g/mol. The third-order valence-electron chi connectivity index (χ3n) is 4.64. The van der Waals surface area contributed by atoms with Gasteiger partial charge in [-0.15, -0.1) is 0 Å². The summed E-state index contributed by atoms with van der Waals surface area (Å²) in [6, 6.07) is 13.6. The molecule has 4 aromatic rings. The van der Waals surface area contributed by atoms with E-state index >= 15 is 0 Å². The van der Waals surface area contributed by atoms with Crippen molar-refractivity contribution >= 4 is 33.6 Å². The summed E-state index contributed by atoms with van der Waals surface area (Å²) in [5.74, 6) is 1.25. The number of benzene rings is 2. The molecule has 124 valence electrons. The number of hydrogen-bond acceptors (Lipinski definition) is 3. The molecule has 1 amide bonds. The summed E-state index contributed by atoms with van der Waals surface area (Å²) >= 11 is 0. The third kappa shape index (κ3) is 2.67. The molecule has 5 rings (SSSR count). The number of hydrogen-bond donors (Lipinski definition) is 2. The number of carbonyl (C=O) groups excluding carboxylic acids is 1. The van der Waals surface area contributed by atoms with E-state index in [9.17, 15) is 4.79 Å². The second kappa shape index (κ2) is 5.48. The number of amides is 1. The fourth-order valence-electron chi connectivity index (χ4n) is 3.18. The lowest BCUT2D eigenvalue weighted by atomic mass is 10.1. The van der Waals surface area contributed by atoms with E-state index in [0.717, 1.165) is 52.0 Å². The van der Waals surface area contributed by atoms with Gasteiger partial charge in [0.15, 0.2) is 11.5 Å². The molecule has 2 aromatic heterocycles. The number of para-hydroxylation sites is 1. The van der Waals surface area contributed by atoms with Crippen LogP contribution >= 0.6 is 0 Å². The van der Waals surface area contributed by atoms with E-state index in [2.05, 4.69) is 15.3 Å². The second-order valence-corrected chi connectivity index (χ2v) is 6.59. The average Bonchev–Trinajstić information content (AvgIpc) is 3.27. The number of fused-ring (bicyclic) bond motifs is 2. The van der Waals surface area contributed by atoms with Crippen molar-refractivity contribution in [2.45, 2.75) is 25.2 Å². The SMILES string of the molecule is O=C(Cc1c[nH]c2ccccc12)Nc1ccc2oc(C3CC3)nc2c1. The molecule has 1 aliphatic carbocycles. The maximum Gasteiger partial charge on any atom is 0.228 e. The van der Waals surface area contributed by atoms with E-state index in [1.165, 1.54) is 0 Å². The Bertz CT molecular complexity index is 1090. The highest BCUT2D eigenvalue weighted by Crippen LogP contribution is 2.40. The van der Waals surface area contributed by atoms with Crippen molar-refractivity contribution in [3.05, 3.63) is 60.1 Å². The van der Waals surface area contributed by atoms with Crippen molar-refractivity contribution in [3.63, 3.8) is 0 Å². The Morgan fingerprint density at radius 3 is 3.00 bits per heavy atom. The van der Waals surface area contributed by atoms with E-state index in [1.807, 2.05) is 48.7 Å². The van der Waals surface area contributed by atoms with Crippen molar-refractivity contribution in [2.75, 3.05) is 5.32 Å². The highest BCUT2D eigenvalue weighted by Gasteiger charge is 2.28. The molecule has 5 nitrogen and oxygen atoms in total. The quantitative estimate of drug-likeness (QED) is 0.583. The van der Waals surface area contributed by atoms with Gasteiger partial charge in [0.2, 0.25) is 5.91 Å². The van der Waals surface area contributed by atoms with E-state index in [4.69, 9.17) is 4.42 Å². The van der Waals surface area contributed by atoms with E-state index in [0.29, 0.717) is 12.3 Å². The summed E-state index contributed by atoms with van der Waals surface area (Å²) in [5.41, 5.74) is 4.35. The van der Waals surface area contributed by atoms with Crippen LogP contribution in [0.5, 0.6) is 0 Å². The van der Waals surface area contributed by atoms with Crippen LogP contribution in [0.15, 0.2) is 53.1 Å². The van der Waals surface area contributed by atoms with Crippen molar-refractivity contribution < 1.29 is 9.21 Å². The lowest BCUT2D eigenvalue weighted by Crippen LogP contribution is -2.14. The van der Waals surface area contributed by atoms with Crippen molar-refractivity contribution in [2.24, 2.45) is 0 Å². The summed E-state index contributed by atoms with van der Waals surface area (Å²) in [6.45, 7) is 0. The largest absolute Gasteiger partial charge is 0.440 e. The van der Waals surface area contributed by atoms with Crippen LogP contribution in [0.2, 0.25) is 0 Å². The molecule has 5 heteroatoms. The van der Waals surface area contributed by atoms with Crippen LogP contribution in [0.25, 0.3) is 22.0 Å². The lowest BCUT2D eigenvalue weighted by Gasteiger charge is -2.04. The van der Waals surface area contributed by atoms with E-state index < -0.39 is 0 Å². The molecule has 2 aromatic carbocycles. The Morgan fingerprint density at radius 2 is 2.12 bits per heavy atom. The smallest absolute Gasteiger partial charge is 0.228 e. The monoisotopic (exact) mass is 331 g/mol. The summed E-state index contributed by atoms with van der Waals surface area (Å²) in [5, 5.41) is 4.04. The number of anilines is 1. The van der Waals surface area contributed by atoms with Gasteiger partial charge >= 0.3 is 0 Å². The zero-order valence-electron chi connectivity index (χ0n) is 13.6. The lowest BCUT2D eigenvalue weighted by molar-refractivity contribution is -0.115. The molecule has 1 aliphatic rings. The normalized spacial score (nSPS) is 14.2. The molecule has 0 radical (unpaired) electrons. The highest BCUT2D eigenvalue weighted by molar-refractivity contribution is 5.96. The van der Waals surface area contributed by atoms with Crippen LogP contribution in [-0.4, -0.2) is 15.9 Å². The van der Waals surface area contributed by atoms with Crippen molar-refractivity contribution in [1.82, 2.24) is 9.97 Å². The predicted molar refractivity (Wildman–Crippen MR) is 96.6 cm³/mol. The minimum absolute atomic E-state index is 0.0463. The fourth-order valence-corrected chi connectivity index (χ4v) is 3.18. The number of nitrogens with one attached hydrogen (secondary N) is 2. The number of carbonyl (C=O) groups is 1. The molecule has 0 unspecified atom stereocenters. The van der Waals surface area contributed by atoms with E-state index in [-0.39, 0.29) is 5.91 Å². The first-order valence-electron chi connectivity index (χ1n) is 8.51. The van der Waals surface area contributed by atoms with E-state index in [1.54, 1.807) is 0 Å². The molecule has 0 aliphatic heterocycles. The summed E-state index contributed by atoms with van der Waals surface area (Å²) < 4.78 is 5.76. The number of aromatic nitrogens is 2. The summed E-state index contributed by atoms with van der Waals surface area (Å²) in [6.07, 6.45) is 4.53. The van der Waals surface area contributed by atoms with Crippen molar-refractivity contribution in [1.29, 1.82) is 0 Å². The minimum atomic E-state index is -0.0463. The number of oxazole rings is 1. The Kier molecular flexibility index (Phi) is 3.13. The molecule has 0 saturated heterocycles. The van der Waals surface area contributed by atoms with Crippen LogP contribution in [0.4, 0.5) is 5.69 Å². The number of nitrogens with zero attached hydrogens (tertiary/aromatic N) is 1. The van der Waals surface area contributed by atoms with Gasteiger partial charge in [0.25, 0.3) is 0 Å². The molecular formula is C20H17N3O2. The van der Waals surface area contributed by atoms with Crippen molar-refractivity contribution in [3.8, 4) is 0 Å². The zero-order valence-corrected chi connectivity index (χ0v) is 13.6. The standard InChI is InChI=1S/C20H17N3O2/c24-19(9-13-11-21-16-4-2-1-3-15(13)16)22-14-7-8-18-17(10-14)23-20(25-18)12-5-6-12/h1-4,7-8,10-12,21H,5-6,9H2,(H,22,24). The molecule has 0 spiro atoms. The molecule has 0 atom stereocenters. The topological polar surface area (TPSA) is 70.9 Å². The Balaban J connectivity index is 1.35. The molecule has 2 N–H and O–H groups in total. The van der Waals surface area contributed by atoms with Gasteiger partial charge in [-0.2, -0.15) is 0 Å². The Hall–Kier alpha value is -3.08. The molecule has 2 heterocycles. The van der Waals surface area contributed by atoms with Gasteiger partial charge in [0, 0.05) is 28.7 Å². The minimum Gasteiger partial charge on any atom is -0.440 e. The first kappa shape index (κ1) is 14.3. The molecule has 1 fully saturated rings. The fraction of sp³-hybridized carbons (Fsp3) is 0.200. The second-order valence-electron chi connectivity index (χ2n) is 6.59. The maximum absolute atomic E-state index is 12.4. The molecule has 25 heavy (non-hydrogen) atoms. The van der Waals surface area contributed by atoms with Crippen LogP contribution in [0, 0.1) is 0 Å².